The largest absolute Gasteiger partial charge is 0.325 e. The molecule has 1 amide bonds. The molecule has 0 aromatic heterocycles. The molecule has 0 saturated carbocycles. The molecule has 2 N–H and O–H groups in total. The van der Waals surface area contributed by atoms with Gasteiger partial charge in [0.15, 0.2) is 6.04 Å². The number of hydrogen-bond acceptors (Lipinski definition) is 1. The molecule has 19 heavy (non-hydrogen) atoms. The van der Waals surface area contributed by atoms with Crippen molar-refractivity contribution in [3.63, 3.8) is 0 Å². The van der Waals surface area contributed by atoms with Crippen LogP contribution in [0, 0.1) is 5.92 Å². The maximum absolute atomic E-state index is 12.3. The molecular weight excluding hydrogens is 260 g/mol. The Labute approximate surface area is 119 Å². The number of halogens is 1. The highest BCUT2D eigenvalue weighted by molar-refractivity contribution is 6.33. The Morgan fingerprint density at radius 1 is 1.47 bits per heavy atom. The summed E-state index contributed by atoms with van der Waals surface area (Å²) in [7, 11) is 0. The first-order valence-corrected chi connectivity index (χ1v) is 7.35. The highest BCUT2D eigenvalue weighted by Gasteiger charge is 2.29. The summed E-state index contributed by atoms with van der Waals surface area (Å²) in [5.74, 6) is 0.761. The smallest absolute Gasteiger partial charge is 0.282 e. The van der Waals surface area contributed by atoms with E-state index in [0.717, 1.165) is 13.1 Å². The van der Waals surface area contributed by atoms with Crippen LogP contribution in [0.5, 0.6) is 0 Å². The molecule has 1 saturated heterocycles. The van der Waals surface area contributed by atoms with Crippen LogP contribution in [0.25, 0.3) is 0 Å². The molecule has 1 aliphatic heterocycles. The molecule has 2 rings (SSSR count). The second-order valence-corrected chi connectivity index (χ2v) is 5.96. The fraction of sp³-hybridized carbons (Fsp3) is 0.533. The van der Waals surface area contributed by atoms with Gasteiger partial charge in [-0.05, 0) is 31.9 Å². The summed E-state index contributed by atoms with van der Waals surface area (Å²) in [6.45, 7) is 6.43. The first-order valence-electron chi connectivity index (χ1n) is 6.98. The molecule has 1 fully saturated rings. The van der Waals surface area contributed by atoms with Crippen LogP contribution in [-0.4, -0.2) is 25.0 Å². The Balaban J connectivity index is 1.97. The van der Waals surface area contributed by atoms with Gasteiger partial charge in [0, 0.05) is 5.92 Å². The van der Waals surface area contributed by atoms with Gasteiger partial charge >= 0.3 is 0 Å². The van der Waals surface area contributed by atoms with Crippen molar-refractivity contribution in [3.05, 3.63) is 29.3 Å². The van der Waals surface area contributed by atoms with Gasteiger partial charge in [0.1, 0.15) is 0 Å². The Morgan fingerprint density at radius 3 is 2.89 bits per heavy atom. The van der Waals surface area contributed by atoms with Gasteiger partial charge < -0.3 is 10.2 Å². The number of amides is 1. The molecule has 4 heteroatoms. The molecule has 1 heterocycles. The third-order valence-electron chi connectivity index (χ3n) is 3.94. The Hall–Kier alpha value is -1.06. The number of benzene rings is 1. The van der Waals surface area contributed by atoms with Crippen LogP contribution >= 0.6 is 11.6 Å². The molecule has 0 spiro atoms. The van der Waals surface area contributed by atoms with E-state index in [0.29, 0.717) is 16.6 Å². The minimum atomic E-state index is -0.0287. The number of carbonyl (C=O) groups is 1. The van der Waals surface area contributed by atoms with Crippen LogP contribution in [-0.2, 0) is 4.79 Å². The highest BCUT2D eigenvalue weighted by Crippen LogP contribution is 2.20. The third-order valence-corrected chi connectivity index (χ3v) is 4.27. The lowest BCUT2D eigenvalue weighted by molar-refractivity contribution is -0.922. The van der Waals surface area contributed by atoms with Gasteiger partial charge in [-0.1, -0.05) is 30.7 Å². The number of carbonyl (C=O) groups excluding carboxylic acids is 1. The summed E-state index contributed by atoms with van der Waals surface area (Å²) >= 11 is 6.06. The first-order chi connectivity index (χ1) is 9.08. The molecule has 3 nitrogen and oxygen atoms in total. The molecule has 104 valence electrons. The number of hydrogen-bond donors (Lipinski definition) is 2. The third kappa shape index (κ3) is 3.71. The topological polar surface area (TPSA) is 33.5 Å². The van der Waals surface area contributed by atoms with E-state index in [2.05, 4.69) is 12.2 Å². The minimum Gasteiger partial charge on any atom is -0.325 e. The minimum absolute atomic E-state index is 0.0287. The zero-order valence-electron chi connectivity index (χ0n) is 11.6. The summed E-state index contributed by atoms with van der Waals surface area (Å²) < 4.78 is 0. The molecule has 0 bridgehead atoms. The number of quaternary nitrogens is 1. The van der Waals surface area contributed by atoms with Crippen molar-refractivity contribution < 1.29 is 9.69 Å². The Bertz CT molecular complexity index is 450. The molecular formula is C15H22ClN2O+. The number of rotatable bonds is 3. The van der Waals surface area contributed by atoms with E-state index < -0.39 is 0 Å². The normalized spacial score (nSPS) is 24.8. The summed E-state index contributed by atoms with van der Waals surface area (Å²) in [6, 6.07) is 7.33. The summed E-state index contributed by atoms with van der Waals surface area (Å²) in [5, 5.41) is 3.52. The van der Waals surface area contributed by atoms with Gasteiger partial charge in [-0.25, -0.2) is 0 Å². The SMILES string of the molecule is C[C@H]1CCC[NH+]([C@@H](C)C(=O)Nc2ccccc2Cl)C1. The van der Waals surface area contributed by atoms with Crippen molar-refractivity contribution >= 4 is 23.2 Å². The Kier molecular flexibility index (Phi) is 4.83. The predicted molar refractivity (Wildman–Crippen MR) is 78.6 cm³/mol. The first kappa shape index (κ1) is 14.4. The number of piperidine rings is 1. The monoisotopic (exact) mass is 281 g/mol. The lowest BCUT2D eigenvalue weighted by Crippen LogP contribution is -3.17. The zero-order valence-corrected chi connectivity index (χ0v) is 12.3. The van der Waals surface area contributed by atoms with Gasteiger partial charge in [-0.2, -0.15) is 0 Å². The van der Waals surface area contributed by atoms with E-state index in [-0.39, 0.29) is 11.9 Å². The molecule has 1 aliphatic rings. The zero-order chi connectivity index (χ0) is 13.8. The Morgan fingerprint density at radius 2 is 2.21 bits per heavy atom. The van der Waals surface area contributed by atoms with E-state index in [1.54, 1.807) is 6.07 Å². The van der Waals surface area contributed by atoms with Gasteiger partial charge in [-0.3, -0.25) is 4.79 Å². The van der Waals surface area contributed by atoms with E-state index in [9.17, 15) is 4.79 Å². The van der Waals surface area contributed by atoms with Gasteiger partial charge in [-0.15, -0.1) is 0 Å². The van der Waals surface area contributed by atoms with Gasteiger partial charge in [0.25, 0.3) is 5.91 Å². The molecule has 3 atom stereocenters. The number of nitrogens with one attached hydrogen (secondary N) is 2. The van der Waals surface area contributed by atoms with E-state index in [1.165, 1.54) is 17.7 Å². The van der Waals surface area contributed by atoms with Crippen molar-refractivity contribution in [2.75, 3.05) is 18.4 Å². The average molecular weight is 282 g/mol. The van der Waals surface area contributed by atoms with Crippen LogP contribution in [0.15, 0.2) is 24.3 Å². The van der Waals surface area contributed by atoms with Crippen molar-refractivity contribution in [1.29, 1.82) is 0 Å². The molecule has 0 aliphatic carbocycles. The quantitative estimate of drug-likeness (QED) is 0.873. The number of para-hydroxylation sites is 1. The summed E-state index contributed by atoms with van der Waals surface area (Å²) in [6.07, 6.45) is 2.49. The van der Waals surface area contributed by atoms with E-state index in [4.69, 9.17) is 11.6 Å². The fourth-order valence-electron chi connectivity index (χ4n) is 2.71. The maximum Gasteiger partial charge on any atom is 0.282 e. The maximum atomic E-state index is 12.3. The van der Waals surface area contributed by atoms with Crippen molar-refractivity contribution in [2.24, 2.45) is 5.92 Å². The predicted octanol–water partition coefficient (Wildman–Crippen LogP) is 1.98. The van der Waals surface area contributed by atoms with E-state index in [1.807, 2.05) is 25.1 Å². The average Bonchev–Trinajstić information content (AvgIpc) is 2.40. The second kappa shape index (κ2) is 6.40. The molecule has 1 unspecified atom stereocenters. The molecule has 1 aromatic rings. The number of anilines is 1. The van der Waals surface area contributed by atoms with Crippen molar-refractivity contribution in [3.8, 4) is 0 Å². The highest BCUT2D eigenvalue weighted by atomic mass is 35.5. The van der Waals surface area contributed by atoms with E-state index >= 15 is 0 Å². The van der Waals surface area contributed by atoms with Crippen LogP contribution in [0.4, 0.5) is 5.69 Å². The van der Waals surface area contributed by atoms with Crippen LogP contribution in [0.2, 0.25) is 5.02 Å². The summed E-state index contributed by atoms with van der Waals surface area (Å²) in [4.78, 5) is 13.7. The second-order valence-electron chi connectivity index (χ2n) is 5.55. The molecule has 1 aromatic carbocycles. The molecule has 0 radical (unpaired) electrons. The fourth-order valence-corrected chi connectivity index (χ4v) is 2.89. The van der Waals surface area contributed by atoms with Crippen LogP contribution in [0.3, 0.4) is 0 Å². The van der Waals surface area contributed by atoms with Gasteiger partial charge in [0.05, 0.1) is 23.8 Å². The van der Waals surface area contributed by atoms with Gasteiger partial charge in [0.2, 0.25) is 0 Å². The van der Waals surface area contributed by atoms with Crippen molar-refractivity contribution in [2.45, 2.75) is 32.7 Å². The number of likely N-dealkylation sites (tertiary alicyclic amines) is 1. The van der Waals surface area contributed by atoms with Crippen molar-refractivity contribution in [1.82, 2.24) is 0 Å². The van der Waals surface area contributed by atoms with Crippen LogP contribution < -0.4 is 10.2 Å². The lowest BCUT2D eigenvalue weighted by atomic mass is 9.99. The lowest BCUT2D eigenvalue weighted by Gasteiger charge is -2.31. The standard InChI is InChI=1S/C15H21ClN2O/c1-11-6-5-9-18(10-11)12(2)15(19)17-14-8-4-3-7-13(14)16/h3-4,7-8,11-12H,5-6,9-10H2,1-2H3,(H,17,19)/p+1/t11-,12-/m0/s1. The van der Waals surface area contributed by atoms with Crippen LogP contribution in [0.1, 0.15) is 26.7 Å². The summed E-state index contributed by atoms with van der Waals surface area (Å²) in [5.41, 5.74) is 0.700.